The molecule has 1 fully saturated rings. The maximum Gasteiger partial charge on any atom is 0.136 e. The molecule has 17 heavy (non-hydrogen) atoms. The van der Waals surface area contributed by atoms with Crippen LogP contribution in [0.1, 0.15) is 26.2 Å². The van der Waals surface area contributed by atoms with Gasteiger partial charge in [0.25, 0.3) is 0 Å². The topological polar surface area (TPSA) is 58.9 Å². The zero-order chi connectivity index (χ0) is 12.5. The summed E-state index contributed by atoms with van der Waals surface area (Å²) in [6.07, 6.45) is 6.06. The van der Waals surface area contributed by atoms with Crippen molar-refractivity contribution < 1.29 is 14.1 Å². The van der Waals surface area contributed by atoms with Crippen molar-refractivity contribution in [2.45, 2.75) is 32.3 Å². The third-order valence-corrected chi connectivity index (χ3v) is 4.34. The molecular formula is C12H19NO3S. The Labute approximate surface area is 103 Å². The minimum atomic E-state index is -2.33. The van der Waals surface area contributed by atoms with Gasteiger partial charge in [-0.3, -0.25) is 0 Å². The fraction of sp³-hybridized carbons (Fsp3) is 0.667. The molecule has 0 aromatic rings. The quantitative estimate of drug-likeness (QED) is 0.769. The Bertz CT molecular complexity index is 466. The summed E-state index contributed by atoms with van der Waals surface area (Å²) in [6.45, 7) is 2.30. The second-order valence-corrected chi connectivity index (χ2v) is 6.99. The highest BCUT2D eigenvalue weighted by molar-refractivity contribution is 7.99. The zero-order valence-corrected chi connectivity index (χ0v) is 11.1. The van der Waals surface area contributed by atoms with Crippen LogP contribution in [0.25, 0.3) is 0 Å². The SMILES string of the molecule is C[C@@H](O)C1=C(OCC2CCC2)C=S(C)(=O)N=C1. The summed E-state index contributed by atoms with van der Waals surface area (Å²) in [5.74, 6) is 1.15. The van der Waals surface area contributed by atoms with Crippen LogP contribution in [-0.2, 0) is 14.4 Å². The molecule has 0 aromatic carbocycles. The van der Waals surface area contributed by atoms with Crippen molar-refractivity contribution >= 4 is 21.3 Å². The Hall–Kier alpha value is -0.810. The van der Waals surface area contributed by atoms with E-state index in [0.717, 1.165) is 0 Å². The number of rotatable bonds is 4. The molecule has 0 spiro atoms. The van der Waals surface area contributed by atoms with Gasteiger partial charge in [-0.05, 0) is 25.7 Å². The van der Waals surface area contributed by atoms with Gasteiger partial charge in [-0.2, -0.15) is 0 Å². The maximum atomic E-state index is 11.9. The maximum absolute atomic E-state index is 11.9. The molecule has 0 saturated heterocycles. The molecule has 5 heteroatoms. The summed E-state index contributed by atoms with van der Waals surface area (Å²) in [5.41, 5.74) is 0.616. The fourth-order valence-corrected chi connectivity index (χ4v) is 2.81. The molecule has 2 aliphatic rings. The summed E-state index contributed by atoms with van der Waals surface area (Å²) < 4.78 is 21.5. The summed E-state index contributed by atoms with van der Waals surface area (Å²) in [4.78, 5) is 0. The van der Waals surface area contributed by atoms with E-state index >= 15 is 0 Å². The summed E-state index contributed by atoms with van der Waals surface area (Å²) in [5, 5.41) is 11.1. The molecule has 0 radical (unpaired) electrons. The lowest BCUT2D eigenvalue weighted by molar-refractivity contribution is 0.128. The van der Waals surface area contributed by atoms with Gasteiger partial charge in [-0.1, -0.05) is 6.42 Å². The van der Waals surface area contributed by atoms with E-state index in [9.17, 15) is 9.32 Å². The van der Waals surface area contributed by atoms with Gasteiger partial charge < -0.3 is 9.84 Å². The molecule has 1 saturated carbocycles. The molecule has 2 rings (SSSR count). The lowest BCUT2D eigenvalue weighted by Crippen LogP contribution is -2.22. The van der Waals surface area contributed by atoms with E-state index in [1.807, 2.05) is 0 Å². The largest absolute Gasteiger partial charge is 0.492 e. The number of allylic oxidation sites excluding steroid dienone is 1. The number of hydrogen-bond acceptors (Lipinski definition) is 3. The smallest absolute Gasteiger partial charge is 0.136 e. The molecule has 0 bridgehead atoms. The molecule has 2 atom stereocenters. The van der Waals surface area contributed by atoms with Crippen LogP contribution in [0.2, 0.25) is 0 Å². The highest BCUT2D eigenvalue weighted by Crippen LogP contribution is 2.27. The molecular weight excluding hydrogens is 238 g/mol. The predicted molar refractivity (Wildman–Crippen MR) is 70.6 cm³/mol. The number of ether oxygens (including phenoxy) is 1. The Kier molecular flexibility index (Phi) is 3.58. The van der Waals surface area contributed by atoms with Crippen LogP contribution >= 0.6 is 0 Å². The Morgan fingerprint density at radius 1 is 1.65 bits per heavy atom. The number of hydrogen-bond donors (Lipinski definition) is 1. The lowest BCUT2D eigenvalue weighted by Gasteiger charge is -2.26. The first-order valence-corrected chi connectivity index (χ1v) is 7.91. The van der Waals surface area contributed by atoms with Crippen LogP contribution in [-0.4, -0.2) is 39.9 Å². The predicted octanol–water partition coefficient (Wildman–Crippen LogP) is 1.15. The molecule has 4 nitrogen and oxygen atoms in total. The molecule has 0 aromatic heterocycles. The van der Waals surface area contributed by atoms with Crippen LogP contribution in [0.4, 0.5) is 0 Å². The van der Waals surface area contributed by atoms with Crippen molar-refractivity contribution in [2.75, 3.05) is 12.9 Å². The van der Waals surface area contributed by atoms with Gasteiger partial charge in [0, 0.05) is 18.0 Å². The molecule has 1 unspecified atom stereocenters. The monoisotopic (exact) mass is 257 g/mol. The van der Waals surface area contributed by atoms with Crippen molar-refractivity contribution in [1.29, 1.82) is 0 Å². The van der Waals surface area contributed by atoms with Crippen molar-refractivity contribution in [1.82, 2.24) is 0 Å². The second-order valence-electron chi connectivity index (χ2n) is 4.82. The summed E-state index contributed by atoms with van der Waals surface area (Å²) in [7, 11) is -2.33. The molecule has 96 valence electrons. The third kappa shape index (κ3) is 3.10. The Balaban J connectivity index is 2.15. The highest BCUT2D eigenvalue weighted by Gasteiger charge is 2.21. The molecule has 1 aliphatic heterocycles. The average molecular weight is 257 g/mol. The van der Waals surface area contributed by atoms with Gasteiger partial charge in [0.1, 0.15) is 5.76 Å². The average Bonchev–Trinajstić information content (AvgIpc) is 2.13. The van der Waals surface area contributed by atoms with E-state index in [4.69, 9.17) is 4.74 Å². The number of aliphatic hydroxyl groups is 1. The van der Waals surface area contributed by atoms with E-state index in [2.05, 4.69) is 4.40 Å². The lowest BCUT2D eigenvalue weighted by atomic mass is 9.86. The number of aliphatic hydroxyl groups excluding tert-OH is 1. The molecule has 0 amide bonds. The van der Waals surface area contributed by atoms with Crippen molar-refractivity contribution in [3.05, 3.63) is 11.3 Å². The number of nitrogens with zero attached hydrogens (tertiary/aromatic N) is 1. The third-order valence-electron chi connectivity index (χ3n) is 3.16. The van der Waals surface area contributed by atoms with Crippen molar-refractivity contribution in [3.8, 4) is 0 Å². The van der Waals surface area contributed by atoms with Crippen LogP contribution in [0.15, 0.2) is 15.7 Å². The highest BCUT2D eigenvalue weighted by atomic mass is 32.2. The van der Waals surface area contributed by atoms with E-state index in [0.29, 0.717) is 23.9 Å². The minimum Gasteiger partial charge on any atom is -0.492 e. The summed E-state index contributed by atoms with van der Waals surface area (Å²) in [6, 6.07) is 0. The first kappa shape index (κ1) is 12.6. The van der Waals surface area contributed by atoms with Crippen LogP contribution in [0, 0.1) is 5.92 Å². The van der Waals surface area contributed by atoms with E-state index in [1.54, 1.807) is 13.2 Å². The van der Waals surface area contributed by atoms with Gasteiger partial charge in [-0.25, -0.2) is 8.61 Å². The normalized spacial score (nSPS) is 30.8. The molecule has 1 N–H and O–H groups in total. The minimum absolute atomic E-state index is 0.536. The van der Waals surface area contributed by atoms with E-state index in [1.165, 1.54) is 30.8 Å². The van der Waals surface area contributed by atoms with Crippen molar-refractivity contribution in [3.63, 3.8) is 0 Å². The van der Waals surface area contributed by atoms with Gasteiger partial charge in [0.05, 0.1) is 27.8 Å². The van der Waals surface area contributed by atoms with Crippen LogP contribution < -0.4 is 0 Å². The van der Waals surface area contributed by atoms with Gasteiger partial charge >= 0.3 is 0 Å². The van der Waals surface area contributed by atoms with Crippen molar-refractivity contribution in [2.24, 2.45) is 10.3 Å². The van der Waals surface area contributed by atoms with E-state index < -0.39 is 15.8 Å². The van der Waals surface area contributed by atoms with Crippen LogP contribution in [0.5, 0.6) is 0 Å². The molecule has 1 heterocycles. The second kappa shape index (κ2) is 4.82. The standard InChI is InChI=1S/C12H19NO3S/c1-9(14)11-6-13-17(2,15)8-12(11)16-7-10-4-3-5-10/h6,8-10,14H,3-5,7H2,1-2H3/t9-,17?/m1/s1. The van der Waals surface area contributed by atoms with Gasteiger partial charge in [-0.15, -0.1) is 0 Å². The van der Waals surface area contributed by atoms with Crippen LogP contribution in [0.3, 0.4) is 0 Å². The first-order chi connectivity index (χ1) is 7.98. The van der Waals surface area contributed by atoms with Gasteiger partial charge in [0.2, 0.25) is 0 Å². The van der Waals surface area contributed by atoms with Gasteiger partial charge in [0.15, 0.2) is 0 Å². The van der Waals surface area contributed by atoms with E-state index in [-0.39, 0.29) is 0 Å². The summed E-state index contributed by atoms with van der Waals surface area (Å²) >= 11 is 0. The first-order valence-electron chi connectivity index (χ1n) is 5.92. The molecule has 1 aliphatic carbocycles. The fourth-order valence-electron chi connectivity index (χ4n) is 1.82. The zero-order valence-electron chi connectivity index (χ0n) is 10.3. The Morgan fingerprint density at radius 2 is 2.35 bits per heavy atom. The Morgan fingerprint density at radius 3 is 2.88 bits per heavy atom.